The summed E-state index contributed by atoms with van der Waals surface area (Å²) in [7, 11) is 0. The van der Waals surface area contributed by atoms with Crippen molar-refractivity contribution >= 4 is 51.1 Å². The number of esters is 2. The van der Waals surface area contributed by atoms with E-state index in [4.69, 9.17) is 9.47 Å². The Labute approximate surface area is 206 Å². The highest BCUT2D eigenvalue weighted by Crippen LogP contribution is 2.26. The maximum atomic E-state index is 12.5. The van der Waals surface area contributed by atoms with Gasteiger partial charge in [-0.05, 0) is 55.0 Å². The molecule has 0 radical (unpaired) electrons. The minimum Gasteiger partial charge on any atom is -0.462 e. The normalized spacial score (nSPS) is 15.2. The van der Waals surface area contributed by atoms with Crippen LogP contribution in [0.15, 0.2) is 53.0 Å². The van der Waals surface area contributed by atoms with Crippen molar-refractivity contribution in [1.29, 1.82) is 0 Å². The van der Waals surface area contributed by atoms with Crippen LogP contribution in [0.25, 0.3) is 0 Å². The summed E-state index contributed by atoms with van der Waals surface area (Å²) in [5.41, 5.74) is 1.57. The van der Waals surface area contributed by atoms with Crippen molar-refractivity contribution in [2.45, 2.75) is 32.6 Å². The molecule has 1 atom stereocenters. The summed E-state index contributed by atoms with van der Waals surface area (Å²) in [4.78, 5) is 50.5. The van der Waals surface area contributed by atoms with E-state index in [0.717, 1.165) is 23.7 Å². The lowest BCUT2D eigenvalue weighted by molar-refractivity contribution is -0.151. The fourth-order valence-electron chi connectivity index (χ4n) is 3.48. The van der Waals surface area contributed by atoms with Gasteiger partial charge in [-0.15, -0.1) is 0 Å². The molecule has 1 fully saturated rings. The van der Waals surface area contributed by atoms with Gasteiger partial charge in [-0.2, -0.15) is 0 Å². The first-order chi connectivity index (χ1) is 16.4. The van der Waals surface area contributed by atoms with Gasteiger partial charge in [-0.25, -0.2) is 4.79 Å². The SMILES string of the molecule is CCCCCOC(=O)c1ccc(N2C[C@@H](C(=O)OCC(=O)Nc3ccc(Br)cc3)CC2=O)cc1. The minimum atomic E-state index is -0.670. The molecule has 180 valence electrons. The molecule has 2 aromatic carbocycles. The van der Waals surface area contributed by atoms with E-state index in [0.29, 0.717) is 23.5 Å². The second kappa shape index (κ2) is 12.3. The highest BCUT2D eigenvalue weighted by Gasteiger charge is 2.36. The monoisotopic (exact) mass is 530 g/mol. The van der Waals surface area contributed by atoms with Crippen LogP contribution in [0, 0.1) is 5.92 Å². The first-order valence-corrected chi connectivity index (χ1v) is 12.0. The van der Waals surface area contributed by atoms with Gasteiger partial charge in [0.25, 0.3) is 5.91 Å². The lowest BCUT2D eigenvalue weighted by Crippen LogP contribution is -2.28. The Hall–Kier alpha value is -3.20. The number of hydrogen-bond donors (Lipinski definition) is 1. The van der Waals surface area contributed by atoms with E-state index in [1.165, 1.54) is 4.90 Å². The number of nitrogens with one attached hydrogen (secondary N) is 1. The van der Waals surface area contributed by atoms with Crippen molar-refractivity contribution in [3.8, 4) is 0 Å². The van der Waals surface area contributed by atoms with Gasteiger partial charge >= 0.3 is 11.9 Å². The summed E-state index contributed by atoms with van der Waals surface area (Å²) < 4.78 is 11.2. The smallest absolute Gasteiger partial charge is 0.338 e. The van der Waals surface area contributed by atoms with Gasteiger partial charge in [0.2, 0.25) is 5.91 Å². The van der Waals surface area contributed by atoms with E-state index >= 15 is 0 Å². The van der Waals surface area contributed by atoms with E-state index in [-0.39, 0.29) is 18.9 Å². The zero-order chi connectivity index (χ0) is 24.5. The number of hydrogen-bond acceptors (Lipinski definition) is 6. The number of rotatable bonds is 10. The van der Waals surface area contributed by atoms with Crippen LogP contribution in [0.3, 0.4) is 0 Å². The summed E-state index contributed by atoms with van der Waals surface area (Å²) in [5.74, 6) is -2.37. The van der Waals surface area contributed by atoms with E-state index in [9.17, 15) is 19.2 Å². The van der Waals surface area contributed by atoms with Gasteiger partial charge in [0.05, 0.1) is 18.1 Å². The van der Waals surface area contributed by atoms with Gasteiger partial charge in [-0.1, -0.05) is 35.7 Å². The van der Waals surface area contributed by atoms with Crippen molar-refractivity contribution in [3.05, 3.63) is 58.6 Å². The van der Waals surface area contributed by atoms with Crippen molar-refractivity contribution in [2.75, 3.05) is 30.0 Å². The molecule has 1 saturated heterocycles. The molecule has 8 nitrogen and oxygen atoms in total. The number of nitrogens with zero attached hydrogens (tertiary/aromatic N) is 1. The van der Waals surface area contributed by atoms with Gasteiger partial charge in [0.1, 0.15) is 0 Å². The average Bonchev–Trinajstić information content (AvgIpc) is 3.23. The highest BCUT2D eigenvalue weighted by molar-refractivity contribution is 9.10. The first kappa shape index (κ1) is 25.4. The third-order valence-electron chi connectivity index (χ3n) is 5.33. The number of halogens is 1. The summed E-state index contributed by atoms with van der Waals surface area (Å²) in [6.45, 7) is 2.16. The predicted octanol–water partition coefficient (Wildman–Crippen LogP) is 4.33. The Morgan fingerprint density at radius 1 is 1.03 bits per heavy atom. The highest BCUT2D eigenvalue weighted by atomic mass is 79.9. The molecule has 1 N–H and O–H groups in total. The molecule has 0 aliphatic carbocycles. The molecule has 1 aliphatic heterocycles. The first-order valence-electron chi connectivity index (χ1n) is 11.2. The van der Waals surface area contributed by atoms with E-state index in [2.05, 4.69) is 28.2 Å². The third-order valence-corrected chi connectivity index (χ3v) is 5.86. The molecule has 3 rings (SSSR count). The molecule has 9 heteroatoms. The van der Waals surface area contributed by atoms with Crippen LogP contribution in [-0.4, -0.2) is 43.5 Å². The van der Waals surface area contributed by atoms with Gasteiger partial charge in [-0.3, -0.25) is 14.4 Å². The van der Waals surface area contributed by atoms with Crippen LogP contribution < -0.4 is 10.2 Å². The largest absolute Gasteiger partial charge is 0.462 e. The predicted molar refractivity (Wildman–Crippen MR) is 130 cm³/mol. The molecular formula is C25H27BrN2O6. The molecule has 1 aliphatic rings. The van der Waals surface area contributed by atoms with Gasteiger partial charge in [0.15, 0.2) is 6.61 Å². The van der Waals surface area contributed by atoms with Crippen LogP contribution in [0.2, 0.25) is 0 Å². The number of ether oxygens (including phenoxy) is 2. The molecular weight excluding hydrogens is 504 g/mol. The topological polar surface area (TPSA) is 102 Å². The molecule has 1 heterocycles. The third kappa shape index (κ3) is 7.15. The van der Waals surface area contributed by atoms with Crippen LogP contribution >= 0.6 is 15.9 Å². The van der Waals surface area contributed by atoms with E-state index < -0.39 is 30.4 Å². The molecule has 0 spiro atoms. The second-order valence-electron chi connectivity index (χ2n) is 7.96. The van der Waals surface area contributed by atoms with Crippen LogP contribution in [0.5, 0.6) is 0 Å². The van der Waals surface area contributed by atoms with E-state index in [1.807, 2.05) is 0 Å². The summed E-state index contributed by atoms with van der Waals surface area (Å²) >= 11 is 3.31. The molecule has 0 bridgehead atoms. The minimum absolute atomic E-state index is 0.00557. The standard InChI is InChI=1S/C25H27BrN2O6/c1-2-3-4-13-33-24(31)17-5-11-21(12-6-17)28-15-18(14-23(28)30)25(32)34-16-22(29)27-20-9-7-19(26)8-10-20/h5-12,18H,2-4,13-16H2,1H3,(H,27,29)/t18-/m0/s1. The maximum absolute atomic E-state index is 12.5. The number of carbonyl (C=O) groups is 4. The van der Waals surface area contributed by atoms with Crippen molar-refractivity contribution < 1.29 is 28.7 Å². The number of benzene rings is 2. The van der Waals surface area contributed by atoms with Crippen molar-refractivity contribution in [2.24, 2.45) is 5.92 Å². The molecule has 2 aromatic rings. The molecule has 34 heavy (non-hydrogen) atoms. The Morgan fingerprint density at radius 3 is 2.41 bits per heavy atom. The van der Waals surface area contributed by atoms with Crippen molar-refractivity contribution in [3.63, 3.8) is 0 Å². The number of anilines is 2. The molecule has 2 amide bonds. The zero-order valence-corrected chi connectivity index (χ0v) is 20.5. The Bertz CT molecular complexity index is 1020. The average molecular weight is 531 g/mol. The lowest BCUT2D eigenvalue weighted by Gasteiger charge is -2.17. The fraction of sp³-hybridized carbons (Fsp3) is 0.360. The second-order valence-corrected chi connectivity index (χ2v) is 8.87. The van der Waals surface area contributed by atoms with Crippen LogP contribution in [-0.2, 0) is 23.9 Å². The number of carbonyl (C=O) groups excluding carboxylic acids is 4. The Balaban J connectivity index is 1.48. The summed E-state index contributed by atoms with van der Waals surface area (Å²) in [6.07, 6.45) is 2.87. The van der Waals surface area contributed by atoms with Gasteiger partial charge in [0, 0.05) is 28.8 Å². The van der Waals surface area contributed by atoms with Crippen LogP contribution in [0.1, 0.15) is 43.0 Å². The quantitative estimate of drug-likeness (QED) is 0.362. The zero-order valence-electron chi connectivity index (χ0n) is 18.9. The van der Waals surface area contributed by atoms with E-state index in [1.54, 1.807) is 48.5 Å². The molecule has 0 aromatic heterocycles. The Kier molecular flexibility index (Phi) is 9.21. The molecule has 0 saturated carbocycles. The summed E-state index contributed by atoms with van der Waals surface area (Å²) in [5, 5.41) is 2.64. The number of amides is 2. The van der Waals surface area contributed by atoms with Gasteiger partial charge < -0.3 is 19.7 Å². The lowest BCUT2D eigenvalue weighted by atomic mass is 10.1. The van der Waals surface area contributed by atoms with Crippen molar-refractivity contribution in [1.82, 2.24) is 0 Å². The molecule has 0 unspecified atom stereocenters. The Morgan fingerprint density at radius 2 is 1.74 bits per heavy atom. The van der Waals surface area contributed by atoms with Crippen LogP contribution in [0.4, 0.5) is 11.4 Å². The number of unbranched alkanes of at least 4 members (excludes halogenated alkanes) is 2. The summed E-state index contributed by atoms with van der Waals surface area (Å²) in [6, 6.07) is 13.5. The fourth-order valence-corrected chi connectivity index (χ4v) is 3.74. The maximum Gasteiger partial charge on any atom is 0.338 e.